The molecule has 1 atom stereocenters. The predicted molar refractivity (Wildman–Crippen MR) is 189 cm³/mol. The number of nitrogens with zero attached hydrogens (tertiary/aromatic N) is 5. The number of unbranched alkanes of at least 4 members (excludes halogenated alkanes) is 2. The molecule has 0 unspecified atom stereocenters. The Hall–Kier alpha value is -3.86. The fourth-order valence-corrected chi connectivity index (χ4v) is 6.30. The molecular formula is C36H38Br2F3N5O3. The first-order valence-corrected chi connectivity index (χ1v) is 16.6. The van der Waals surface area contributed by atoms with Gasteiger partial charge in [-0.1, -0.05) is 34.1 Å². The molecular weight excluding hydrogens is 767 g/mol. The lowest BCUT2D eigenvalue weighted by atomic mass is 9.95. The van der Waals surface area contributed by atoms with Crippen LogP contribution in [0.2, 0.25) is 0 Å². The predicted octanol–water partition coefficient (Wildman–Crippen LogP) is 7.01. The van der Waals surface area contributed by atoms with E-state index in [-0.39, 0.29) is 40.7 Å². The zero-order valence-electron chi connectivity index (χ0n) is 27.3. The van der Waals surface area contributed by atoms with Crippen molar-refractivity contribution in [2.24, 2.45) is 4.99 Å². The van der Waals surface area contributed by atoms with Crippen molar-refractivity contribution in [2.45, 2.75) is 37.9 Å². The van der Waals surface area contributed by atoms with Gasteiger partial charge in [-0.15, -0.1) is 17.0 Å². The van der Waals surface area contributed by atoms with Crippen molar-refractivity contribution in [1.82, 2.24) is 4.90 Å². The molecule has 0 radical (unpaired) electrons. The standard InChI is InChI=1S/C36H37BrF3N5O3.BrH/c1-45(2,20-7-21-48-30-16-14-28(37)15-17-30)19-5-3-4-18-43-24-31-32(34(43)46)33(26-12-10-25(23-41)11-13-26)42-35(47)44(31)29-9-6-8-27(22-29)36(38,39)40;/h6,8-17,22,33H,3-5,7,18-21,24H2,1-2H3;1H/t33-;/m1./s1. The summed E-state index contributed by atoms with van der Waals surface area (Å²) < 4.78 is 48.4. The van der Waals surface area contributed by atoms with Gasteiger partial charge in [0, 0.05) is 23.1 Å². The smallest absolute Gasteiger partial charge is 0.416 e. The molecule has 260 valence electrons. The van der Waals surface area contributed by atoms with Crippen LogP contribution in [0.5, 0.6) is 5.75 Å². The Labute approximate surface area is 303 Å². The number of benzene rings is 3. The number of amidine groups is 1. The SMILES string of the molecule is Br.C[N+](C)(CCCCCN1CC2=C(C1=O)[C@@H](c1ccc(C#N)cc1)N=C([O-])N2c1cccc(C(F)(F)F)c1)CCCOc1ccc(Br)cc1. The Morgan fingerprint density at radius 2 is 1.71 bits per heavy atom. The molecule has 3 aromatic rings. The lowest BCUT2D eigenvalue weighted by Gasteiger charge is -2.36. The van der Waals surface area contributed by atoms with Gasteiger partial charge in [-0.05, 0) is 79.4 Å². The first-order valence-electron chi connectivity index (χ1n) is 15.8. The minimum absolute atomic E-state index is 0. The maximum atomic E-state index is 13.9. The largest absolute Gasteiger partial charge is 0.846 e. The van der Waals surface area contributed by atoms with Crippen LogP contribution in [0.15, 0.2) is 93.5 Å². The Morgan fingerprint density at radius 1 is 1.02 bits per heavy atom. The highest BCUT2D eigenvalue weighted by Gasteiger charge is 2.41. The van der Waals surface area contributed by atoms with E-state index in [9.17, 15) is 28.3 Å². The minimum Gasteiger partial charge on any atom is -0.846 e. The quantitative estimate of drug-likeness (QED) is 0.137. The maximum Gasteiger partial charge on any atom is 0.416 e. The Morgan fingerprint density at radius 3 is 2.39 bits per heavy atom. The number of aliphatic imine (C=N–C) groups is 1. The second kappa shape index (κ2) is 16.2. The van der Waals surface area contributed by atoms with E-state index >= 15 is 0 Å². The number of alkyl halides is 3. The molecule has 49 heavy (non-hydrogen) atoms. The van der Waals surface area contributed by atoms with Crippen molar-refractivity contribution in [3.63, 3.8) is 0 Å². The van der Waals surface area contributed by atoms with Crippen LogP contribution in [0, 0.1) is 11.3 Å². The number of amides is 1. The van der Waals surface area contributed by atoms with Gasteiger partial charge in [-0.3, -0.25) is 9.79 Å². The van der Waals surface area contributed by atoms with Crippen LogP contribution >= 0.6 is 32.9 Å². The van der Waals surface area contributed by atoms with Crippen molar-refractivity contribution in [2.75, 3.05) is 51.8 Å². The maximum absolute atomic E-state index is 13.9. The molecule has 1 amide bonds. The van der Waals surface area contributed by atoms with Crippen LogP contribution in [-0.2, 0) is 11.0 Å². The molecule has 0 aromatic heterocycles. The molecule has 0 aliphatic carbocycles. The lowest BCUT2D eigenvalue weighted by molar-refractivity contribution is -0.890. The van der Waals surface area contributed by atoms with Crippen molar-refractivity contribution in [3.05, 3.63) is 105 Å². The van der Waals surface area contributed by atoms with E-state index in [1.54, 1.807) is 29.2 Å². The van der Waals surface area contributed by atoms with E-state index in [4.69, 9.17) is 4.74 Å². The number of carbonyl (C=O) groups is 1. The van der Waals surface area contributed by atoms with Crippen LogP contribution in [-0.4, -0.2) is 68.2 Å². The topological polar surface area (TPSA) is 92.0 Å². The minimum atomic E-state index is -4.60. The second-order valence-corrected chi connectivity index (χ2v) is 13.5. The third-order valence-electron chi connectivity index (χ3n) is 8.61. The Bertz CT molecular complexity index is 1720. The van der Waals surface area contributed by atoms with Crippen molar-refractivity contribution >= 4 is 50.5 Å². The van der Waals surface area contributed by atoms with Gasteiger partial charge in [0.25, 0.3) is 5.91 Å². The van der Waals surface area contributed by atoms with E-state index in [1.165, 1.54) is 12.1 Å². The number of carbonyl (C=O) groups excluding carboxylic acids is 1. The molecule has 5 rings (SSSR count). The van der Waals surface area contributed by atoms with E-state index in [2.05, 4.69) is 35.0 Å². The fraction of sp³-hybridized carbons (Fsp3) is 0.361. The van der Waals surface area contributed by atoms with Crippen LogP contribution in [0.4, 0.5) is 18.9 Å². The average molecular weight is 806 g/mol. The van der Waals surface area contributed by atoms with Crippen LogP contribution in [0.25, 0.3) is 0 Å². The van der Waals surface area contributed by atoms with Crippen molar-refractivity contribution < 1.29 is 32.3 Å². The number of anilines is 1. The molecule has 8 nitrogen and oxygen atoms in total. The van der Waals surface area contributed by atoms with Gasteiger partial charge in [0.2, 0.25) is 0 Å². The molecule has 0 saturated carbocycles. The molecule has 13 heteroatoms. The molecule has 0 saturated heterocycles. The molecule has 0 N–H and O–H groups in total. The average Bonchev–Trinajstić information content (AvgIpc) is 3.38. The van der Waals surface area contributed by atoms with Gasteiger partial charge in [0.05, 0.1) is 74.8 Å². The number of rotatable bonds is 13. The van der Waals surface area contributed by atoms with Crippen LogP contribution in [0.3, 0.4) is 0 Å². The monoisotopic (exact) mass is 803 g/mol. The molecule has 3 aromatic carbocycles. The Kier molecular flexibility index (Phi) is 12.6. The highest BCUT2D eigenvalue weighted by molar-refractivity contribution is 9.10. The molecule has 0 spiro atoms. The van der Waals surface area contributed by atoms with Gasteiger partial charge in [-0.2, -0.15) is 18.4 Å². The summed E-state index contributed by atoms with van der Waals surface area (Å²) in [6.45, 7) is 3.06. The Balaban J connectivity index is 0.00000541. The van der Waals surface area contributed by atoms with Crippen molar-refractivity contribution in [3.8, 4) is 11.8 Å². The van der Waals surface area contributed by atoms with Gasteiger partial charge in [0.15, 0.2) is 0 Å². The normalized spacial score (nSPS) is 16.2. The summed E-state index contributed by atoms with van der Waals surface area (Å²) in [4.78, 5) is 20.9. The van der Waals surface area contributed by atoms with Gasteiger partial charge in [0.1, 0.15) is 11.8 Å². The number of halogens is 5. The fourth-order valence-electron chi connectivity index (χ4n) is 6.04. The molecule has 0 fully saturated rings. The zero-order valence-corrected chi connectivity index (χ0v) is 30.5. The third-order valence-corrected chi connectivity index (χ3v) is 9.14. The summed E-state index contributed by atoms with van der Waals surface area (Å²) in [7, 11) is 4.38. The summed E-state index contributed by atoms with van der Waals surface area (Å²) in [6.07, 6.45) is -1.13. The van der Waals surface area contributed by atoms with E-state index in [0.717, 1.165) is 70.5 Å². The highest BCUT2D eigenvalue weighted by atomic mass is 79.9. The summed E-state index contributed by atoms with van der Waals surface area (Å²) in [5.74, 6) is 0.546. The van der Waals surface area contributed by atoms with E-state index in [0.29, 0.717) is 30.0 Å². The van der Waals surface area contributed by atoms with Crippen LogP contribution in [0.1, 0.15) is 48.4 Å². The van der Waals surface area contributed by atoms with Gasteiger partial charge >= 0.3 is 6.18 Å². The van der Waals surface area contributed by atoms with Crippen LogP contribution < -0.4 is 14.7 Å². The number of nitriles is 1. The third kappa shape index (κ3) is 9.44. The van der Waals surface area contributed by atoms with E-state index in [1.807, 2.05) is 30.3 Å². The second-order valence-electron chi connectivity index (χ2n) is 12.6. The number of hydrogen-bond donors (Lipinski definition) is 0. The number of quaternary nitrogens is 1. The summed E-state index contributed by atoms with van der Waals surface area (Å²) >= 11 is 3.42. The summed E-state index contributed by atoms with van der Waals surface area (Å²) in [5, 5.41) is 22.7. The number of hydrogen-bond acceptors (Lipinski definition) is 6. The number of ether oxygens (including phenoxy) is 1. The zero-order chi connectivity index (χ0) is 34.5. The van der Waals surface area contributed by atoms with Gasteiger partial charge < -0.3 is 24.1 Å². The van der Waals surface area contributed by atoms with E-state index < -0.39 is 23.8 Å². The molecule has 0 bridgehead atoms. The summed E-state index contributed by atoms with van der Waals surface area (Å²) in [6, 6.07) is 19.1. The highest BCUT2D eigenvalue weighted by Crippen LogP contribution is 2.41. The molecule has 2 heterocycles. The first kappa shape index (κ1) is 38.0. The lowest BCUT2D eigenvalue weighted by Crippen LogP contribution is -2.44. The molecule has 2 aliphatic heterocycles. The molecule has 2 aliphatic rings. The van der Waals surface area contributed by atoms with Crippen molar-refractivity contribution in [1.29, 1.82) is 5.26 Å². The first-order chi connectivity index (χ1) is 22.9. The van der Waals surface area contributed by atoms with Gasteiger partial charge in [-0.25, -0.2) is 0 Å². The summed E-state index contributed by atoms with van der Waals surface area (Å²) in [5.41, 5.74) is 0.661.